The van der Waals surface area contributed by atoms with Crippen LogP contribution in [0.4, 0.5) is 15.9 Å². The van der Waals surface area contributed by atoms with E-state index in [4.69, 9.17) is 4.98 Å². The topological polar surface area (TPSA) is 128 Å². The van der Waals surface area contributed by atoms with Gasteiger partial charge in [-0.15, -0.1) is 0 Å². The molecule has 0 aliphatic carbocycles. The van der Waals surface area contributed by atoms with Crippen molar-refractivity contribution >= 4 is 39.3 Å². The number of hydrogen-bond donors (Lipinski definition) is 3. The molecule has 1 amide bonds. The van der Waals surface area contributed by atoms with Gasteiger partial charge in [0.2, 0.25) is 5.91 Å². The lowest BCUT2D eigenvalue weighted by Gasteiger charge is -2.27. The molecule has 5 aromatic rings. The highest BCUT2D eigenvalue weighted by Crippen LogP contribution is 2.34. The number of amides is 1. The molecule has 0 saturated carbocycles. The highest BCUT2D eigenvalue weighted by molar-refractivity contribution is 5.97. The van der Waals surface area contributed by atoms with E-state index in [0.29, 0.717) is 34.7 Å². The molecule has 3 N–H and O–H groups in total. The van der Waals surface area contributed by atoms with Crippen LogP contribution >= 0.6 is 0 Å². The first-order valence-corrected chi connectivity index (χ1v) is 13.1. The fourth-order valence-corrected chi connectivity index (χ4v) is 5.04. The molecular weight excluding hydrogens is 497 g/mol. The maximum Gasteiger partial charge on any atom is 0.224 e. The number of nitrogens with zero attached hydrogens (tertiary/aromatic N) is 6. The van der Waals surface area contributed by atoms with Crippen molar-refractivity contribution in [2.24, 2.45) is 5.41 Å². The highest BCUT2D eigenvalue weighted by atomic mass is 19.1. The molecule has 200 valence electrons. The summed E-state index contributed by atoms with van der Waals surface area (Å²) in [5.74, 6) is 0.588. The Labute approximate surface area is 224 Å². The lowest BCUT2D eigenvalue weighted by molar-refractivity contribution is -0.117. The van der Waals surface area contributed by atoms with E-state index in [1.54, 1.807) is 18.5 Å². The first kappa shape index (κ1) is 24.9. The lowest BCUT2D eigenvalue weighted by Crippen LogP contribution is -2.30. The van der Waals surface area contributed by atoms with E-state index in [2.05, 4.69) is 40.3 Å². The predicted molar refractivity (Wildman–Crippen MR) is 149 cm³/mol. The van der Waals surface area contributed by atoms with E-state index < -0.39 is 5.82 Å². The van der Waals surface area contributed by atoms with Crippen LogP contribution in [-0.4, -0.2) is 54.1 Å². The largest absolute Gasteiger partial charge is 0.355 e. The summed E-state index contributed by atoms with van der Waals surface area (Å²) >= 11 is 0. The quantitative estimate of drug-likeness (QED) is 0.277. The number of carbonyl (C=O) groups excluding carboxylic acids is 1. The number of hydrogen-bond acceptors (Lipinski definition) is 7. The zero-order valence-electron chi connectivity index (χ0n) is 22.2. The van der Waals surface area contributed by atoms with Gasteiger partial charge in [0.05, 0.1) is 34.5 Å². The van der Waals surface area contributed by atoms with Crippen molar-refractivity contribution in [2.75, 3.05) is 23.3 Å². The van der Waals surface area contributed by atoms with Gasteiger partial charge in [0.15, 0.2) is 17.5 Å². The molecule has 0 radical (unpaired) electrons. The average Bonchev–Trinajstić information content (AvgIpc) is 3.53. The van der Waals surface area contributed by atoms with Gasteiger partial charge in [-0.3, -0.25) is 19.9 Å². The number of aromatic nitrogens is 7. The van der Waals surface area contributed by atoms with Crippen molar-refractivity contribution in [1.82, 2.24) is 35.1 Å². The van der Waals surface area contributed by atoms with E-state index in [0.717, 1.165) is 42.8 Å². The molecule has 5 aromatic heterocycles. The molecule has 6 rings (SSSR count). The summed E-state index contributed by atoms with van der Waals surface area (Å²) < 4.78 is 16.1. The van der Waals surface area contributed by atoms with E-state index in [9.17, 15) is 4.79 Å². The van der Waals surface area contributed by atoms with E-state index in [-0.39, 0.29) is 22.4 Å². The summed E-state index contributed by atoms with van der Waals surface area (Å²) in [6.45, 7) is 7.85. The van der Waals surface area contributed by atoms with Gasteiger partial charge in [0, 0.05) is 37.5 Å². The van der Waals surface area contributed by atoms with Crippen LogP contribution in [0, 0.1) is 11.2 Å². The summed E-state index contributed by atoms with van der Waals surface area (Å²) in [6.07, 6.45) is 10.2. The number of fused-ring (bicyclic) bond motifs is 2. The van der Waals surface area contributed by atoms with Crippen LogP contribution in [0.15, 0.2) is 36.9 Å². The van der Waals surface area contributed by atoms with Crippen LogP contribution in [0.5, 0.6) is 0 Å². The number of imidazole rings is 1. The van der Waals surface area contributed by atoms with Crippen molar-refractivity contribution in [3.05, 3.63) is 42.7 Å². The molecule has 10 nitrogen and oxygen atoms in total. The molecule has 0 spiro atoms. The van der Waals surface area contributed by atoms with Crippen LogP contribution in [0.1, 0.15) is 46.5 Å². The van der Waals surface area contributed by atoms with Crippen molar-refractivity contribution in [2.45, 2.75) is 46.5 Å². The zero-order valence-corrected chi connectivity index (χ0v) is 22.2. The minimum Gasteiger partial charge on any atom is -0.355 e. The molecule has 0 atom stereocenters. The van der Waals surface area contributed by atoms with Crippen molar-refractivity contribution in [3.8, 4) is 22.8 Å². The van der Waals surface area contributed by atoms with Crippen molar-refractivity contribution < 1.29 is 9.18 Å². The molecule has 0 bridgehead atoms. The van der Waals surface area contributed by atoms with Gasteiger partial charge < -0.3 is 15.2 Å². The fraction of sp³-hybridized carbons (Fsp3) is 0.357. The number of H-pyrrole nitrogens is 2. The normalized spacial score (nSPS) is 14.3. The Morgan fingerprint density at radius 2 is 1.90 bits per heavy atom. The number of carbonyl (C=O) groups is 1. The minimum absolute atomic E-state index is 0.108. The van der Waals surface area contributed by atoms with Gasteiger partial charge in [0.25, 0.3) is 0 Å². The van der Waals surface area contributed by atoms with E-state index >= 15 is 4.39 Å². The monoisotopic (exact) mass is 527 g/mol. The Balaban J connectivity index is 1.37. The van der Waals surface area contributed by atoms with Gasteiger partial charge in [-0.2, -0.15) is 5.10 Å². The van der Waals surface area contributed by atoms with Gasteiger partial charge in [-0.1, -0.05) is 20.8 Å². The fourth-order valence-electron chi connectivity index (χ4n) is 5.04. The molecule has 1 aliphatic rings. The number of aromatic amines is 2. The van der Waals surface area contributed by atoms with Crippen molar-refractivity contribution in [3.63, 3.8) is 0 Å². The maximum absolute atomic E-state index is 16.1. The molecule has 0 unspecified atom stereocenters. The third-order valence-corrected chi connectivity index (χ3v) is 6.79. The number of anilines is 2. The number of piperidine rings is 1. The maximum atomic E-state index is 16.1. The third kappa shape index (κ3) is 4.91. The second-order valence-electron chi connectivity index (χ2n) is 11.2. The van der Waals surface area contributed by atoms with E-state index in [1.807, 2.05) is 26.8 Å². The zero-order chi connectivity index (χ0) is 27.1. The second kappa shape index (κ2) is 9.72. The standard InChI is InChI=1S/C28H30FN9O/c1-28(2,3)12-20(39)33-17-11-16(13-30-14-17)23-22(29)21-19(15-32-23)36-37-25(21)26-34-18-7-8-31-27(24(18)35-26)38-9-5-4-6-10-38/h7-8,11,13-15H,4-6,9-10,12H2,1-3H3,(H,33,39)(H,34,35)(H,36,37). The highest BCUT2D eigenvalue weighted by Gasteiger charge is 2.23. The average molecular weight is 528 g/mol. The Morgan fingerprint density at radius 3 is 2.69 bits per heavy atom. The molecule has 0 aromatic carbocycles. The van der Waals surface area contributed by atoms with Crippen LogP contribution in [-0.2, 0) is 4.79 Å². The summed E-state index contributed by atoms with van der Waals surface area (Å²) in [5.41, 5.74) is 3.22. The molecule has 6 heterocycles. The van der Waals surface area contributed by atoms with Crippen LogP contribution < -0.4 is 10.2 Å². The molecule has 39 heavy (non-hydrogen) atoms. The Bertz CT molecular complexity index is 1680. The lowest BCUT2D eigenvalue weighted by atomic mass is 9.92. The first-order valence-electron chi connectivity index (χ1n) is 13.1. The SMILES string of the molecule is CC(C)(C)CC(=O)Nc1cncc(-c2ncc3[nH]nc(-c4nc5c(N6CCCCC6)nccc5[nH]4)c3c2F)c1. The van der Waals surface area contributed by atoms with Gasteiger partial charge in [0.1, 0.15) is 16.9 Å². The summed E-state index contributed by atoms with van der Waals surface area (Å²) in [6, 6.07) is 3.53. The van der Waals surface area contributed by atoms with Crippen molar-refractivity contribution in [1.29, 1.82) is 0 Å². The van der Waals surface area contributed by atoms with Gasteiger partial charge in [-0.25, -0.2) is 14.4 Å². The number of nitrogens with one attached hydrogen (secondary N) is 3. The molecule has 11 heteroatoms. The third-order valence-electron chi connectivity index (χ3n) is 6.79. The molecule has 1 aliphatic heterocycles. The van der Waals surface area contributed by atoms with Gasteiger partial charge >= 0.3 is 0 Å². The van der Waals surface area contributed by atoms with E-state index in [1.165, 1.54) is 18.8 Å². The number of rotatable bonds is 5. The summed E-state index contributed by atoms with van der Waals surface area (Å²) in [4.78, 5) is 35.9. The number of pyridine rings is 3. The van der Waals surface area contributed by atoms with Crippen LogP contribution in [0.2, 0.25) is 0 Å². The molecular formula is C28H30FN9O. The smallest absolute Gasteiger partial charge is 0.224 e. The Kier molecular flexibility index (Phi) is 6.20. The molecule has 1 fully saturated rings. The van der Waals surface area contributed by atoms with Gasteiger partial charge in [-0.05, 0) is 36.8 Å². The minimum atomic E-state index is -0.550. The van der Waals surface area contributed by atoms with Crippen LogP contribution in [0.25, 0.3) is 44.7 Å². The summed E-state index contributed by atoms with van der Waals surface area (Å²) in [7, 11) is 0. The second-order valence-corrected chi connectivity index (χ2v) is 11.2. The Morgan fingerprint density at radius 1 is 1.08 bits per heavy atom. The predicted octanol–water partition coefficient (Wildman–Crippen LogP) is 5.46. The van der Waals surface area contributed by atoms with Crippen LogP contribution in [0.3, 0.4) is 0 Å². The molecule has 1 saturated heterocycles. The Hall–Kier alpha value is -4.41. The first-order chi connectivity index (χ1) is 18.8. The number of halogens is 1. The summed E-state index contributed by atoms with van der Waals surface area (Å²) in [5, 5.41) is 10.4.